The highest BCUT2D eigenvalue weighted by molar-refractivity contribution is 14.0. The van der Waals surface area contributed by atoms with E-state index >= 15 is 0 Å². The van der Waals surface area contributed by atoms with E-state index in [-0.39, 0.29) is 36.2 Å². The number of halogens is 1. The lowest BCUT2D eigenvalue weighted by Gasteiger charge is -2.19. The van der Waals surface area contributed by atoms with Crippen LogP contribution in [0.3, 0.4) is 0 Å². The summed E-state index contributed by atoms with van der Waals surface area (Å²) in [6.45, 7) is 10.3. The van der Waals surface area contributed by atoms with Crippen LogP contribution in [0.25, 0.3) is 0 Å². The second-order valence-corrected chi connectivity index (χ2v) is 7.49. The topological polar surface area (TPSA) is 84.0 Å². The Bertz CT molecular complexity index is 591. The van der Waals surface area contributed by atoms with E-state index in [1.807, 2.05) is 39.0 Å². The quantitative estimate of drug-likeness (QED) is 0.189. The third-order valence-electron chi connectivity index (χ3n) is 3.79. The van der Waals surface area contributed by atoms with Gasteiger partial charge in [0.25, 0.3) is 0 Å². The number of nitrogens with one attached hydrogen (secondary N) is 3. The van der Waals surface area contributed by atoms with Gasteiger partial charge in [0, 0.05) is 33.3 Å². The number of nitrogens with zero attached hydrogens (tertiary/aromatic N) is 1. The first-order valence-corrected chi connectivity index (χ1v) is 9.89. The standard InChI is InChI=1S/C21H36N4O3.HI/c1-17(18-11-7-6-8-12-18)27-16-10-15-24-19(22-5)23-13-9-14-25-20(26)28-21(2,3)4;/h6-8,11-12,17H,9-10,13-16H2,1-5H3,(H,25,26)(H2,22,23,24);1H. The molecule has 29 heavy (non-hydrogen) atoms. The summed E-state index contributed by atoms with van der Waals surface area (Å²) in [5.41, 5.74) is 0.713. The van der Waals surface area contributed by atoms with Gasteiger partial charge in [-0.25, -0.2) is 4.79 Å². The Labute approximate surface area is 192 Å². The van der Waals surface area contributed by atoms with Gasteiger partial charge in [-0.05, 0) is 46.1 Å². The van der Waals surface area contributed by atoms with Gasteiger partial charge in [0.1, 0.15) is 5.60 Å². The first-order chi connectivity index (χ1) is 13.3. The Hall–Kier alpha value is -1.55. The molecule has 0 aliphatic heterocycles. The van der Waals surface area contributed by atoms with Crippen molar-refractivity contribution < 1.29 is 14.3 Å². The van der Waals surface area contributed by atoms with Gasteiger partial charge in [0.2, 0.25) is 0 Å². The van der Waals surface area contributed by atoms with Crippen LogP contribution in [0.5, 0.6) is 0 Å². The summed E-state index contributed by atoms with van der Waals surface area (Å²) < 4.78 is 11.1. The number of hydrogen-bond acceptors (Lipinski definition) is 4. The van der Waals surface area contributed by atoms with Crippen molar-refractivity contribution in [3.05, 3.63) is 35.9 Å². The molecule has 3 N–H and O–H groups in total. The van der Waals surface area contributed by atoms with Crippen LogP contribution in [0.15, 0.2) is 35.3 Å². The summed E-state index contributed by atoms with van der Waals surface area (Å²) in [5, 5.41) is 9.22. The van der Waals surface area contributed by atoms with E-state index in [0.717, 1.165) is 25.3 Å². The molecule has 0 radical (unpaired) electrons. The van der Waals surface area contributed by atoms with Gasteiger partial charge >= 0.3 is 6.09 Å². The number of benzene rings is 1. The van der Waals surface area contributed by atoms with Crippen molar-refractivity contribution in [3.63, 3.8) is 0 Å². The minimum Gasteiger partial charge on any atom is -0.444 e. The number of rotatable bonds is 10. The van der Waals surface area contributed by atoms with Crippen LogP contribution in [-0.4, -0.2) is 50.9 Å². The average molecular weight is 520 g/mol. The smallest absolute Gasteiger partial charge is 0.407 e. The van der Waals surface area contributed by atoms with Gasteiger partial charge in [-0.1, -0.05) is 30.3 Å². The Balaban J connectivity index is 0.00000784. The lowest BCUT2D eigenvalue weighted by Crippen LogP contribution is -2.39. The van der Waals surface area contributed by atoms with E-state index in [1.54, 1.807) is 7.05 Å². The fourth-order valence-corrected chi connectivity index (χ4v) is 2.38. The first-order valence-electron chi connectivity index (χ1n) is 9.89. The third-order valence-corrected chi connectivity index (χ3v) is 3.79. The zero-order valence-electron chi connectivity index (χ0n) is 18.3. The predicted molar refractivity (Wildman–Crippen MR) is 129 cm³/mol. The Kier molecular flexibility index (Phi) is 14.5. The van der Waals surface area contributed by atoms with Gasteiger partial charge in [0.05, 0.1) is 6.10 Å². The van der Waals surface area contributed by atoms with Gasteiger partial charge < -0.3 is 25.4 Å². The highest BCUT2D eigenvalue weighted by atomic mass is 127. The van der Waals surface area contributed by atoms with Crippen molar-refractivity contribution in [2.75, 3.05) is 33.3 Å². The third kappa shape index (κ3) is 14.1. The van der Waals surface area contributed by atoms with Gasteiger partial charge in [-0.2, -0.15) is 0 Å². The van der Waals surface area contributed by atoms with E-state index in [2.05, 4.69) is 40.0 Å². The van der Waals surface area contributed by atoms with Gasteiger partial charge in [0.15, 0.2) is 5.96 Å². The van der Waals surface area contributed by atoms with Crippen molar-refractivity contribution >= 4 is 36.0 Å². The summed E-state index contributed by atoms with van der Waals surface area (Å²) in [4.78, 5) is 15.7. The van der Waals surface area contributed by atoms with Crippen LogP contribution in [0.1, 0.15) is 52.2 Å². The molecule has 0 aromatic heterocycles. The van der Waals surface area contributed by atoms with Crippen LogP contribution in [-0.2, 0) is 9.47 Å². The van der Waals surface area contributed by atoms with E-state index < -0.39 is 5.60 Å². The number of alkyl carbamates (subject to hydrolysis) is 1. The summed E-state index contributed by atoms with van der Waals surface area (Å²) in [6, 6.07) is 10.2. The van der Waals surface area contributed by atoms with Crippen molar-refractivity contribution in [2.45, 2.75) is 52.2 Å². The Morgan fingerprint density at radius 2 is 1.62 bits per heavy atom. The number of hydrogen-bond donors (Lipinski definition) is 3. The maximum Gasteiger partial charge on any atom is 0.407 e. The Morgan fingerprint density at radius 1 is 1.03 bits per heavy atom. The fourth-order valence-electron chi connectivity index (χ4n) is 2.38. The lowest BCUT2D eigenvalue weighted by atomic mass is 10.1. The maximum absolute atomic E-state index is 11.6. The van der Waals surface area contributed by atoms with Crippen molar-refractivity contribution in [3.8, 4) is 0 Å². The predicted octanol–water partition coefficient (Wildman–Crippen LogP) is 3.85. The minimum atomic E-state index is -0.475. The largest absolute Gasteiger partial charge is 0.444 e. The molecule has 1 unspecified atom stereocenters. The molecule has 0 saturated carbocycles. The molecular weight excluding hydrogens is 483 g/mol. The SMILES string of the molecule is CN=C(NCCCNC(=O)OC(C)(C)C)NCCCOC(C)c1ccccc1.I. The van der Waals surface area contributed by atoms with Crippen LogP contribution in [0, 0.1) is 0 Å². The molecule has 0 fully saturated rings. The van der Waals surface area contributed by atoms with Crippen molar-refractivity contribution in [2.24, 2.45) is 4.99 Å². The number of carbonyl (C=O) groups excluding carboxylic acids is 1. The zero-order chi connectivity index (χ0) is 20.8. The molecule has 0 aliphatic carbocycles. The average Bonchev–Trinajstić information content (AvgIpc) is 2.65. The molecule has 8 heteroatoms. The van der Waals surface area contributed by atoms with Crippen molar-refractivity contribution in [1.82, 2.24) is 16.0 Å². The molecule has 1 aromatic carbocycles. The zero-order valence-corrected chi connectivity index (χ0v) is 20.6. The van der Waals surface area contributed by atoms with Gasteiger partial charge in [-0.15, -0.1) is 24.0 Å². The molecule has 1 aromatic rings. The van der Waals surface area contributed by atoms with Crippen molar-refractivity contribution in [1.29, 1.82) is 0 Å². The molecule has 1 atom stereocenters. The van der Waals surface area contributed by atoms with E-state index in [4.69, 9.17) is 9.47 Å². The van der Waals surface area contributed by atoms with E-state index in [0.29, 0.717) is 19.7 Å². The number of ether oxygens (including phenoxy) is 2. The summed E-state index contributed by atoms with van der Waals surface area (Å²) in [6.07, 6.45) is 1.37. The van der Waals surface area contributed by atoms with E-state index in [9.17, 15) is 4.79 Å². The van der Waals surface area contributed by atoms with Gasteiger partial charge in [-0.3, -0.25) is 4.99 Å². The second-order valence-electron chi connectivity index (χ2n) is 7.49. The minimum absolute atomic E-state index is 0. The number of aliphatic imine (C=N–C) groups is 1. The number of guanidine groups is 1. The molecule has 0 spiro atoms. The van der Waals surface area contributed by atoms with Crippen LogP contribution in [0.4, 0.5) is 4.79 Å². The summed E-state index contributed by atoms with van der Waals surface area (Å²) >= 11 is 0. The first kappa shape index (κ1) is 27.5. The van der Waals surface area contributed by atoms with Crippen LogP contribution >= 0.6 is 24.0 Å². The molecular formula is C21H37IN4O3. The molecule has 1 rings (SSSR count). The summed E-state index contributed by atoms with van der Waals surface area (Å²) in [7, 11) is 1.74. The van der Waals surface area contributed by atoms with Crippen LogP contribution < -0.4 is 16.0 Å². The molecule has 7 nitrogen and oxygen atoms in total. The highest BCUT2D eigenvalue weighted by Gasteiger charge is 2.15. The second kappa shape index (κ2) is 15.3. The summed E-state index contributed by atoms with van der Waals surface area (Å²) in [5.74, 6) is 0.744. The normalized spacial score (nSPS) is 12.5. The monoisotopic (exact) mass is 520 g/mol. The molecule has 0 bridgehead atoms. The highest BCUT2D eigenvalue weighted by Crippen LogP contribution is 2.15. The molecule has 0 saturated heterocycles. The Morgan fingerprint density at radius 3 is 2.21 bits per heavy atom. The maximum atomic E-state index is 11.6. The van der Waals surface area contributed by atoms with E-state index in [1.165, 1.54) is 5.56 Å². The fraction of sp³-hybridized carbons (Fsp3) is 0.619. The van der Waals surface area contributed by atoms with Crippen LogP contribution in [0.2, 0.25) is 0 Å². The molecule has 166 valence electrons. The molecule has 0 aliphatic rings. The number of carbonyl (C=O) groups is 1. The lowest BCUT2D eigenvalue weighted by molar-refractivity contribution is 0.0527. The number of amides is 1. The molecule has 0 heterocycles. The molecule has 1 amide bonds.